The minimum Gasteiger partial charge on any atom is -0.337 e. The van der Waals surface area contributed by atoms with Crippen LogP contribution in [0.4, 0.5) is 8.78 Å². The van der Waals surface area contributed by atoms with E-state index in [9.17, 15) is 13.6 Å². The molecule has 1 amide bonds. The van der Waals surface area contributed by atoms with Crippen molar-refractivity contribution in [3.63, 3.8) is 0 Å². The van der Waals surface area contributed by atoms with Crippen molar-refractivity contribution in [3.8, 4) is 5.69 Å². The van der Waals surface area contributed by atoms with Crippen molar-refractivity contribution in [2.45, 2.75) is 53.8 Å². The summed E-state index contributed by atoms with van der Waals surface area (Å²) in [5, 5.41) is 4.92. The molecular formula is C27H32F2N4O. The number of halogens is 2. The maximum Gasteiger partial charge on any atom is 0.228 e. The fourth-order valence-corrected chi connectivity index (χ4v) is 4.43. The predicted molar refractivity (Wildman–Crippen MR) is 128 cm³/mol. The number of rotatable bonds is 6. The van der Waals surface area contributed by atoms with Gasteiger partial charge in [0.15, 0.2) is 0 Å². The van der Waals surface area contributed by atoms with Gasteiger partial charge in [-0.15, -0.1) is 0 Å². The van der Waals surface area contributed by atoms with Gasteiger partial charge in [0, 0.05) is 43.6 Å². The van der Waals surface area contributed by atoms with Gasteiger partial charge in [-0.05, 0) is 48.9 Å². The zero-order valence-corrected chi connectivity index (χ0v) is 20.3. The largest absolute Gasteiger partial charge is 0.337 e. The molecule has 1 aliphatic rings. The second-order valence-electron chi connectivity index (χ2n) is 9.92. The Morgan fingerprint density at radius 3 is 2.24 bits per heavy atom. The summed E-state index contributed by atoms with van der Waals surface area (Å²) >= 11 is 0. The first-order valence-electron chi connectivity index (χ1n) is 11.8. The fraction of sp³-hybridized carbons (Fsp3) is 0.407. The summed E-state index contributed by atoms with van der Waals surface area (Å²) in [5.74, 6) is -0.446. The van der Waals surface area contributed by atoms with E-state index in [0.29, 0.717) is 26.2 Å². The zero-order chi connectivity index (χ0) is 24.5. The van der Waals surface area contributed by atoms with E-state index in [1.807, 2.05) is 49.4 Å². The van der Waals surface area contributed by atoms with Crippen molar-refractivity contribution in [1.29, 1.82) is 0 Å². The molecule has 2 heterocycles. The van der Waals surface area contributed by atoms with E-state index in [2.05, 4.69) is 4.90 Å². The molecule has 0 saturated carbocycles. The molecule has 3 aromatic rings. The summed E-state index contributed by atoms with van der Waals surface area (Å²) in [5.41, 5.74) is 4.44. The third-order valence-corrected chi connectivity index (χ3v) is 6.26. The van der Waals surface area contributed by atoms with Gasteiger partial charge < -0.3 is 4.90 Å². The maximum absolute atomic E-state index is 13.5. The Morgan fingerprint density at radius 1 is 1.03 bits per heavy atom. The van der Waals surface area contributed by atoms with E-state index < -0.39 is 5.41 Å². The second-order valence-corrected chi connectivity index (χ2v) is 9.92. The fourth-order valence-electron chi connectivity index (χ4n) is 4.43. The van der Waals surface area contributed by atoms with Crippen molar-refractivity contribution >= 4 is 5.91 Å². The van der Waals surface area contributed by atoms with Crippen LogP contribution < -0.4 is 0 Å². The molecule has 0 atom stereocenters. The summed E-state index contributed by atoms with van der Waals surface area (Å²) < 4.78 is 28.8. The normalized spacial score (nSPS) is 14.2. The maximum atomic E-state index is 13.5. The van der Waals surface area contributed by atoms with Crippen molar-refractivity contribution in [3.05, 3.63) is 82.7 Å². The number of benzene rings is 2. The average molecular weight is 467 g/mol. The van der Waals surface area contributed by atoms with E-state index in [1.54, 1.807) is 12.1 Å². The smallest absolute Gasteiger partial charge is 0.228 e. The van der Waals surface area contributed by atoms with Crippen molar-refractivity contribution in [1.82, 2.24) is 19.6 Å². The number of carbonyl (C=O) groups is 1. The van der Waals surface area contributed by atoms with Gasteiger partial charge in [0.25, 0.3) is 0 Å². The van der Waals surface area contributed by atoms with E-state index in [0.717, 1.165) is 41.2 Å². The van der Waals surface area contributed by atoms with Crippen molar-refractivity contribution in [2.24, 2.45) is 5.41 Å². The third kappa shape index (κ3) is 5.20. The highest BCUT2D eigenvalue weighted by atomic mass is 19.1. The summed E-state index contributed by atoms with van der Waals surface area (Å²) in [7, 11) is 0. The molecule has 180 valence electrons. The quantitative estimate of drug-likeness (QED) is 0.507. The van der Waals surface area contributed by atoms with Gasteiger partial charge in [-0.2, -0.15) is 5.10 Å². The van der Waals surface area contributed by atoms with Crippen LogP contribution in [0.2, 0.25) is 0 Å². The Kier molecular flexibility index (Phi) is 6.84. The predicted octanol–water partition coefficient (Wildman–Crippen LogP) is 5.10. The van der Waals surface area contributed by atoms with Gasteiger partial charge in [-0.1, -0.05) is 32.9 Å². The molecule has 0 radical (unpaired) electrons. The molecule has 0 unspecified atom stereocenters. The molecule has 2 aromatic carbocycles. The van der Waals surface area contributed by atoms with Crippen LogP contribution in [0.15, 0.2) is 48.5 Å². The number of hydrogen-bond acceptors (Lipinski definition) is 3. The second kappa shape index (κ2) is 9.66. The van der Waals surface area contributed by atoms with Crippen LogP contribution in [0.5, 0.6) is 0 Å². The lowest BCUT2D eigenvalue weighted by molar-refractivity contribution is -0.139. The number of fused-ring (bicyclic) bond motifs is 1. The van der Waals surface area contributed by atoms with Crippen LogP contribution in [-0.2, 0) is 30.8 Å². The number of aromatic nitrogens is 2. The van der Waals surface area contributed by atoms with Crippen LogP contribution >= 0.6 is 0 Å². The minimum absolute atomic E-state index is 0.0825. The number of amides is 1. The average Bonchev–Trinajstić information content (AvgIpc) is 3.16. The number of hydrogen-bond donors (Lipinski definition) is 0. The first-order valence-corrected chi connectivity index (χ1v) is 11.8. The first-order chi connectivity index (χ1) is 16.2. The molecule has 34 heavy (non-hydrogen) atoms. The Balaban J connectivity index is 1.67. The summed E-state index contributed by atoms with van der Waals surface area (Å²) in [6, 6.07) is 12.9. The Morgan fingerprint density at radius 2 is 1.65 bits per heavy atom. The Hall–Kier alpha value is -3.06. The molecule has 0 bridgehead atoms. The van der Waals surface area contributed by atoms with Crippen LogP contribution in [-0.4, -0.2) is 38.6 Å². The van der Waals surface area contributed by atoms with Crippen LogP contribution in [0.1, 0.15) is 50.2 Å². The lowest BCUT2D eigenvalue weighted by Gasteiger charge is -2.30. The van der Waals surface area contributed by atoms with Gasteiger partial charge in [0.05, 0.1) is 23.6 Å². The van der Waals surface area contributed by atoms with Crippen molar-refractivity contribution < 1.29 is 13.6 Å². The molecule has 1 aromatic heterocycles. The highest BCUT2D eigenvalue weighted by molar-refractivity contribution is 5.81. The van der Waals surface area contributed by atoms with Crippen LogP contribution in [0.3, 0.4) is 0 Å². The molecule has 0 saturated heterocycles. The molecule has 5 nitrogen and oxygen atoms in total. The third-order valence-electron chi connectivity index (χ3n) is 6.26. The van der Waals surface area contributed by atoms with Crippen LogP contribution in [0, 0.1) is 17.0 Å². The number of carbonyl (C=O) groups excluding carboxylic acids is 1. The molecule has 0 N–H and O–H groups in total. The van der Waals surface area contributed by atoms with Gasteiger partial charge in [0.1, 0.15) is 11.6 Å². The monoisotopic (exact) mass is 466 g/mol. The summed E-state index contributed by atoms with van der Waals surface area (Å²) in [6.07, 6.45) is 0.778. The Bertz CT molecular complexity index is 1150. The molecule has 7 heteroatoms. The molecule has 1 aliphatic heterocycles. The SMILES string of the molecule is CCN(Cc1nn(-c2ccc(F)cc2)c2c1CN(Cc1ccc(F)cc1)CC2)C(=O)C(C)(C)C. The van der Waals surface area contributed by atoms with Gasteiger partial charge in [-0.3, -0.25) is 9.69 Å². The zero-order valence-electron chi connectivity index (χ0n) is 20.3. The van der Waals surface area contributed by atoms with Gasteiger partial charge >= 0.3 is 0 Å². The number of nitrogens with zero attached hydrogens (tertiary/aromatic N) is 4. The molecule has 0 aliphatic carbocycles. The van der Waals surface area contributed by atoms with Crippen molar-refractivity contribution in [2.75, 3.05) is 13.1 Å². The van der Waals surface area contributed by atoms with E-state index in [4.69, 9.17) is 5.10 Å². The molecular weight excluding hydrogens is 434 g/mol. The Labute approximate surface area is 200 Å². The lowest BCUT2D eigenvalue weighted by Crippen LogP contribution is -2.39. The van der Waals surface area contributed by atoms with E-state index in [-0.39, 0.29) is 17.5 Å². The molecule has 0 fully saturated rings. The minimum atomic E-state index is -0.482. The molecule has 0 spiro atoms. The summed E-state index contributed by atoms with van der Waals surface area (Å²) in [4.78, 5) is 17.2. The topological polar surface area (TPSA) is 41.4 Å². The highest BCUT2D eigenvalue weighted by Gasteiger charge is 2.30. The summed E-state index contributed by atoms with van der Waals surface area (Å²) in [6.45, 7) is 11.0. The molecule has 4 rings (SSSR count). The highest BCUT2D eigenvalue weighted by Crippen LogP contribution is 2.28. The van der Waals surface area contributed by atoms with E-state index >= 15 is 0 Å². The standard InChI is InChI=1S/C27H32F2N4O/c1-5-32(26(34)27(2,3)4)18-24-23-17-31(16-19-6-8-20(28)9-7-19)15-14-25(23)33(30-24)22-12-10-21(29)11-13-22/h6-13H,5,14-18H2,1-4H3. The first kappa shape index (κ1) is 24.1. The van der Waals surface area contributed by atoms with Crippen LogP contribution in [0.25, 0.3) is 5.69 Å². The van der Waals surface area contributed by atoms with E-state index in [1.165, 1.54) is 24.3 Å². The lowest BCUT2D eigenvalue weighted by atomic mass is 9.94. The van der Waals surface area contributed by atoms with Gasteiger partial charge in [0.2, 0.25) is 5.91 Å². The van der Waals surface area contributed by atoms with Gasteiger partial charge in [-0.25, -0.2) is 13.5 Å².